The first-order valence-electron chi connectivity index (χ1n) is 17.0. The zero-order chi connectivity index (χ0) is 35.8. The molecule has 252 valence electrons. The van der Waals surface area contributed by atoms with Gasteiger partial charge in [-0.05, 0) is 90.8 Å². The third-order valence-electron chi connectivity index (χ3n) is 9.90. The van der Waals surface area contributed by atoms with E-state index >= 15 is 0 Å². The van der Waals surface area contributed by atoms with Crippen LogP contribution < -0.4 is 21.1 Å². The van der Waals surface area contributed by atoms with Crippen LogP contribution in [-0.4, -0.2) is 17.5 Å². The Morgan fingerprint density at radius 1 is 0.509 bits per heavy atom. The molecular formula is C43H26N6O2S2. The summed E-state index contributed by atoms with van der Waals surface area (Å²) in [4.78, 5) is 33.6. The average Bonchev–Trinajstić information content (AvgIpc) is 3.93. The second-order valence-electron chi connectivity index (χ2n) is 13.3. The Kier molecular flexibility index (Phi) is 7.11. The molecule has 2 heterocycles. The predicted molar refractivity (Wildman–Crippen MR) is 217 cm³/mol. The molecule has 0 radical (unpaired) electrons. The van der Waals surface area contributed by atoms with E-state index in [1.165, 1.54) is 11.1 Å². The number of hydrogen-bond donors (Lipinski definition) is 0. The molecule has 0 unspecified atom stereocenters. The van der Waals surface area contributed by atoms with Crippen molar-refractivity contribution < 1.29 is 0 Å². The number of benzene rings is 7. The summed E-state index contributed by atoms with van der Waals surface area (Å²) in [6.45, 7) is 4.19. The van der Waals surface area contributed by atoms with Crippen LogP contribution in [0.1, 0.15) is 11.1 Å². The van der Waals surface area contributed by atoms with Gasteiger partial charge in [-0.15, -0.1) is 0 Å². The lowest BCUT2D eigenvalue weighted by Crippen LogP contribution is -2.30. The molecule has 8 nitrogen and oxygen atoms in total. The van der Waals surface area contributed by atoms with Gasteiger partial charge in [-0.3, -0.25) is 9.59 Å². The largest absolute Gasteiger partial charge is 0.311 e. The number of rotatable bonds is 5. The van der Waals surface area contributed by atoms with Gasteiger partial charge in [0, 0.05) is 44.2 Å². The van der Waals surface area contributed by atoms with Gasteiger partial charge in [0.2, 0.25) is 5.43 Å². The molecule has 0 aliphatic heterocycles. The van der Waals surface area contributed by atoms with Crippen molar-refractivity contribution in [2.45, 2.75) is 13.8 Å². The molecule has 0 saturated heterocycles. The summed E-state index contributed by atoms with van der Waals surface area (Å²) < 4.78 is 18.8. The molecule has 0 bridgehead atoms. The van der Waals surface area contributed by atoms with Crippen molar-refractivity contribution in [1.29, 1.82) is 0 Å². The van der Waals surface area contributed by atoms with Crippen LogP contribution in [0.5, 0.6) is 0 Å². The number of hydrogen-bond acceptors (Lipinski definition) is 10. The Balaban J connectivity index is 1.13. The van der Waals surface area contributed by atoms with E-state index in [-0.39, 0.29) is 5.36 Å². The molecule has 10 aromatic rings. The second kappa shape index (κ2) is 12.0. The van der Waals surface area contributed by atoms with Gasteiger partial charge < -0.3 is 4.90 Å². The molecule has 0 N–H and O–H groups in total. The smallest absolute Gasteiger partial charge is 0.252 e. The van der Waals surface area contributed by atoms with Crippen molar-refractivity contribution in [3.05, 3.63) is 158 Å². The fraction of sp³-hybridized carbons (Fsp3) is 0.0465. The topological polar surface area (TPSA) is 101 Å². The number of anilines is 3. The van der Waals surface area contributed by atoms with Crippen molar-refractivity contribution in [2.24, 2.45) is 4.99 Å². The van der Waals surface area contributed by atoms with Crippen LogP contribution in [0.25, 0.3) is 65.5 Å². The van der Waals surface area contributed by atoms with Crippen LogP contribution in [0.2, 0.25) is 0 Å². The number of aromatic nitrogens is 4. The highest BCUT2D eigenvalue weighted by molar-refractivity contribution is 7.00. The summed E-state index contributed by atoms with van der Waals surface area (Å²) in [5.74, 6) is 0. The van der Waals surface area contributed by atoms with Crippen LogP contribution in [0.3, 0.4) is 0 Å². The molecule has 0 aliphatic rings. The Bertz CT molecular complexity index is 3190. The quantitative estimate of drug-likeness (QED) is 0.163. The van der Waals surface area contributed by atoms with Crippen LogP contribution in [0, 0.1) is 13.8 Å². The monoisotopic (exact) mass is 722 g/mol. The van der Waals surface area contributed by atoms with Crippen molar-refractivity contribution in [1.82, 2.24) is 17.5 Å². The minimum absolute atomic E-state index is 0.110. The summed E-state index contributed by atoms with van der Waals surface area (Å²) in [5, 5.41) is 4.48. The molecule has 10 heteroatoms. The van der Waals surface area contributed by atoms with Gasteiger partial charge in [0.05, 0.1) is 29.1 Å². The number of nitrogens with zero attached hydrogens (tertiary/aromatic N) is 6. The Hall–Kier alpha value is -6.49. The summed E-state index contributed by atoms with van der Waals surface area (Å²) in [7, 11) is 0. The maximum Gasteiger partial charge on any atom is 0.252 e. The molecule has 0 spiro atoms. The van der Waals surface area contributed by atoms with E-state index in [4.69, 9.17) is 18.1 Å². The van der Waals surface area contributed by atoms with E-state index in [0.29, 0.717) is 33.0 Å². The highest BCUT2D eigenvalue weighted by Gasteiger charge is 2.20. The molecule has 8 aromatic carbocycles. The van der Waals surface area contributed by atoms with E-state index < -0.39 is 10.9 Å². The molecule has 0 aliphatic carbocycles. The second-order valence-corrected chi connectivity index (χ2v) is 14.3. The number of fused-ring (bicyclic) bond motifs is 7. The fourth-order valence-corrected chi connectivity index (χ4v) is 8.32. The Labute approximate surface area is 309 Å². The summed E-state index contributed by atoms with van der Waals surface area (Å²) in [6, 6.07) is 40.9. The third-order valence-corrected chi connectivity index (χ3v) is 11.0. The predicted octanol–water partition coefficient (Wildman–Crippen LogP) is 9.74. The molecular weight excluding hydrogens is 697 g/mol. The van der Waals surface area contributed by atoms with Crippen LogP contribution >= 0.6 is 23.5 Å². The number of aryl methyl sites for hydroxylation is 2. The maximum absolute atomic E-state index is 13.4. The standard InChI is InChI=1S/C43H26N6O2S2/c1-23-7-13-28(14-8-23)49(29-15-9-24(2)10-16-29)30-17-11-25(12-18-30)31-21-33-34(38-37(31)45-52-46-38)22-36(41-39(33)47-53-48-41)44-40-32-19-26-5-3-4-6-27(26)20-35(32)42(50)43(40)51/h3-22H,1-2H3. The average molecular weight is 723 g/mol. The Morgan fingerprint density at radius 3 is 1.64 bits per heavy atom. The first-order valence-corrected chi connectivity index (χ1v) is 18.5. The van der Waals surface area contributed by atoms with Gasteiger partial charge in [0.15, 0.2) is 0 Å². The first kappa shape index (κ1) is 31.3. The Morgan fingerprint density at radius 2 is 1.02 bits per heavy atom. The van der Waals surface area contributed by atoms with Crippen molar-refractivity contribution in [2.75, 3.05) is 4.90 Å². The summed E-state index contributed by atoms with van der Waals surface area (Å²) in [6.07, 6.45) is 0. The van der Waals surface area contributed by atoms with Crippen LogP contribution in [-0.2, 0) is 0 Å². The zero-order valence-electron chi connectivity index (χ0n) is 28.4. The van der Waals surface area contributed by atoms with E-state index in [9.17, 15) is 9.59 Å². The van der Waals surface area contributed by atoms with Gasteiger partial charge in [-0.1, -0.05) is 71.8 Å². The van der Waals surface area contributed by atoms with E-state index in [2.05, 4.69) is 102 Å². The van der Waals surface area contributed by atoms with Gasteiger partial charge in [-0.25, -0.2) is 4.99 Å². The van der Waals surface area contributed by atoms with E-state index in [1.54, 1.807) is 6.07 Å². The van der Waals surface area contributed by atoms with Gasteiger partial charge in [-0.2, -0.15) is 17.5 Å². The highest BCUT2D eigenvalue weighted by Crippen LogP contribution is 2.41. The molecule has 0 amide bonds. The third kappa shape index (κ3) is 5.06. The fourth-order valence-electron chi connectivity index (χ4n) is 7.18. The minimum atomic E-state index is -0.630. The molecule has 0 fully saturated rings. The summed E-state index contributed by atoms with van der Waals surface area (Å²) >= 11 is 2.22. The lowest BCUT2D eigenvalue weighted by molar-refractivity contribution is 1.27. The maximum atomic E-state index is 13.4. The van der Waals surface area contributed by atoms with Gasteiger partial charge in [0.1, 0.15) is 27.4 Å². The van der Waals surface area contributed by atoms with Crippen LogP contribution in [0.15, 0.2) is 136 Å². The lowest BCUT2D eigenvalue weighted by Gasteiger charge is -2.26. The van der Waals surface area contributed by atoms with Gasteiger partial charge in [0.25, 0.3) is 5.43 Å². The molecule has 2 aromatic heterocycles. The highest BCUT2D eigenvalue weighted by atomic mass is 32.1. The van der Waals surface area contributed by atoms with Crippen molar-refractivity contribution in [3.8, 4) is 11.1 Å². The normalized spacial score (nSPS) is 12.2. The SMILES string of the molecule is Cc1ccc(N(c2ccc(C)cc2)c2ccc(-c3cc4c(cc(N=c5c(=O)c(=O)c6cc7ccccc7cc56)c5nsnc54)c4nsnc34)cc2)cc1. The van der Waals surface area contributed by atoms with Crippen molar-refractivity contribution >= 4 is 101 Å². The molecule has 10 rings (SSSR count). The van der Waals surface area contributed by atoms with Crippen molar-refractivity contribution in [3.63, 3.8) is 0 Å². The van der Waals surface area contributed by atoms with Crippen LogP contribution in [0.4, 0.5) is 22.7 Å². The lowest BCUT2D eigenvalue weighted by atomic mass is 9.97. The minimum Gasteiger partial charge on any atom is -0.311 e. The van der Waals surface area contributed by atoms with E-state index in [1.807, 2.05) is 36.4 Å². The molecule has 0 atom stereocenters. The first-order chi connectivity index (χ1) is 25.9. The molecule has 53 heavy (non-hydrogen) atoms. The van der Waals surface area contributed by atoms with Gasteiger partial charge >= 0.3 is 0 Å². The van der Waals surface area contributed by atoms with E-state index in [0.717, 1.165) is 78.7 Å². The summed E-state index contributed by atoms with van der Waals surface area (Å²) in [5.41, 5.74) is 9.44. The zero-order valence-corrected chi connectivity index (χ0v) is 30.0. The molecule has 0 saturated carbocycles.